The molecule has 0 aliphatic rings. The van der Waals surface area contributed by atoms with Gasteiger partial charge in [0.2, 0.25) is 5.88 Å². The highest BCUT2D eigenvalue weighted by molar-refractivity contribution is 5.48. The van der Waals surface area contributed by atoms with Gasteiger partial charge in [-0.2, -0.15) is 0 Å². The van der Waals surface area contributed by atoms with E-state index in [9.17, 15) is 0 Å². The lowest BCUT2D eigenvalue weighted by Crippen LogP contribution is -2.25. The summed E-state index contributed by atoms with van der Waals surface area (Å²) in [4.78, 5) is 8.57. The Morgan fingerprint density at radius 1 is 1.25 bits per heavy atom. The number of nitrogens with one attached hydrogen (secondary N) is 1. The first kappa shape index (κ1) is 16.7. The van der Waals surface area contributed by atoms with Crippen LogP contribution in [0.2, 0.25) is 0 Å². The Hall–Kier alpha value is -1.36. The first-order valence-electron chi connectivity index (χ1n) is 7.29. The Morgan fingerprint density at radius 3 is 2.60 bits per heavy atom. The molecule has 0 aliphatic carbocycles. The van der Waals surface area contributed by atoms with Crippen molar-refractivity contribution in [1.29, 1.82) is 0 Å². The number of hydrogen-bond donors (Lipinski definition) is 1. The minimum absolute atomic E-state index is 0.178. The predicted molar refractivity (Wildman–Crippen MR) is 81.4 cm³/mol. The topological polar surface area (TPSA) is 56.3 Å². The van der Waals surface area contributed by atoms with Crippen LogP contribution in [0.4, 0.5) is 5.82 Å². The highest BCUT2D eigenvalue weighted by atomic mass is 16.5. The molecule has 0 radical (unpaired) electrons. The number of anilines is 1. The molecule has 1 aromatic heterocycles. The summed E-state index contributed by atoms with van der Waals surface area (Å²) in [5.41, 5.74) is 0.884. The molecule has 0 aliphatic heterocycles. The lowest BCUT2D eigenvalue weighted by Gasteiger charge is -2.23. The van der Waals surface area contributed by atoms with E-state index in [1.54, 1.807) is 13.4 Å². The van der Waals surface area contributed by atoms with Gasteiger partial charge in [-0.05, 0) is 27.2 Å². The van der Waals surface area contributed by atoms with Crippen molar-refractivity contribution in [3.63, 3.8) is 0 Å². The van der Waals surface area contributed by atoms with Crippen LogP contribution in [0.15, 0.2) is 6.33 Å². The third-order valence-electron chi connectivity index (χ3n) is 3.25. The SMILES string of the molecule is CCCc1c(NCC)ncnc1OCCC(C)(C)OC. The molecule has 0 bridgehead atoms. The molecule has 114 valence electrons. The van der Waals surface area contributed by atoms with E-state index in [-0.39, 0.29) is 5.60 Å². The second-order valence-electron chi connectivity index (χ2n) is 5.35. The van der Waals surface area contributed by atoms with Gasteiger partial charge in [-0.25, -0.2) is 9.97 Å². The second-order valence-corrected chi connectivity index (χ2v) is 5.35. The molecule has 0 unspecified atom stereocenters. The van der Waals surface area contributed by atoms with Gasteiger partial charge in [0, 0.05) is 20.1 Å². The Labute approximate surface area is 122 Å². The molecule has 5 nitrogen and oxygen atoms in total. The van der Waals surface area contributed by atoms with Crippen LogP contribution in [0, 0.1) is 0 Å². The van der Waals surface area contributed by atoms with E-state index in [1.807, 2.05) is 13.8 Å². The summed E-state index contributed by atoms with van der Waals surface area (Å²) in [5, 5.41) is 3.26. The molecule has 1 aromatic rings. The number of ether oxygens (including phenoxy) is 2. The zero-order chi connectivity index (χ0) is 15.0. The van der Waals surface area contributed by atoms with Gasteiger partial charge < -0.3 is 14.8 Å². The fourth-order valence-electron chi connectivity index (χ4n) is 1.81. The van der Waals surface area contributed by atoms with Crippen LogP contribution in [0.5, 0.6) is 5.88 Å². The number of nitrogens with zero attached hydrogens (tertiary/aromatic N) is 2. The Balaban J connectivity index is 2.75. The van der Waals surface area contributed by atoms with Gasteiger partial charge in [0.15, 0.2) is 0 Å². The monoisotopic (exact) mass is 281 g/mol. The zero-order valence-corrected chi connectivity index (χ0v) is 13.3. The third kappa shape index (κ3) is 4.96. The van der Waals surface area contributed by atoms with Crippen LogP contribution in [0.3, 0.4) is 0 Å². The molecule has 1 rings (SSSR count). The summed E-state index contributed by atoms with van der Waals surface area (Å²) in [5.74, 6) is 1.56. The van der Waals surface area contributed by atoms with Gasteiger partial charge in [-0.1, -0.05) is 13.3 Å². The molecule has 0 saturated heterocycles. The number of hydrogen-bond acceptors (Lipinski definition) is 5. The summed E-state index contributed by atoms with van der Waals surface area (Å²) in [6.07, 6.45) is 4.31. The van der Waals surface area contributed by atoms with E-state index < -0.39 is 0 Å². The summed E-state index contributed by atoms with van der Waals surface area (Å²) in [7, 11) is 1.72. The molecule has 1 N–H and O–H groups in total. The molecule has 1 heterocycles. The maximum absolute atomic E-state index is 5.84. The van der Waals surface area contributed by atoms with Gasteiger partial charge in [0.1, 0.15) is 12.1 Å². The molecule has 0 saturated carbocycles. The number of rotatable bonds is 9. The van der Waals surface area contributed by atoms with Crippen LogP contribution in [-0.4, -0.2) is 35.8 Å². The van der Waals surface area contributed by atoms with Gasteiger partial charge in [-0.3, -0.25) is 0 Å². The van der Waals surface area contributed by atoms with E-state index in [1.165, 1.54) is 0 Å². The van der Waals surface area contributed by atoms with E-state index in [0.29, 0.717) is 12.5 Å². The number of aromatic nitrogens is 2. The summed E-state index contributed by atoms with van der Waals surface area (Å²) < 4.78 is 11.2. The third-order valence-corrected chi connectivity index (χ3v) is 3.25. The van der Waals surface area contributed by atoms with Crippen LogP contribution in [-0.2, 0) is 11.2 Å². The van der Waals surface area contributed by atoms with Crippen LogP contribution in [0.1, 0.15) is 46.1 Å². The van der Waals surface area contributed by atoms with E-state index in [4.69, 9.17) is 9.47 Å². The molecule has 5 heteroatoms. The van der Waals surface area contributed by atoms with Crippen molar-refractivity contribution >= 4 is 5.82 Å². The van der Waals surface area contributed by atoms with E-state index in [2.05, 4.69) is 29.1 Å². The molecule has 0 spiro atoms. The Morgan fingerprint density at radius 2 is 2.00 bits per heavy atom. The first-order valence-corrected chi connectivity index (χ1v) is 7.29. The van der Waals surface area contributed by atoms with E-state index in [0.717, 1.165) is 37.2 Å². The Kier molecular flexibility index (Phi) is 6.71. The van der Waals surface area contributed by atoms with Gasteiger partial charge in [0.25, 0.3) is 0 Å². The quantitative estimate of drug-likeness (QED) is 0.754. The van der Waals surface area contributed by atoms with Crippen molar-refractivity contribution < 1.29 is 9.47 Å². The lowest BCUT2D eigenvalue weighted by molar-refractivity contribution is 0.00499. The van der Waals surface area contributed by atoms with Crippen molar-refractivity contribution in [1.82, 2.24) is 9.97 Å². The van der Waals surface area contributed by atoms with Crippen LogP contribution < -0.4 is 10.1 Å². The average molecular weight is 281 g/mol. The summed E-state index contributed by atoms with van der Waals surface area (Å²) >= 11 is 0. The van der Waals surface area contributed by atoms with Crippen molar-refractivity contribution in [2.24, 2.45) is 0 Å². The van der Waals surface area contributed by atoms with Crippen molar-refractivity contribution in [2.75, 3.05) is 25.6 Å². The fourth-order valence-corrected chi connectivity index (χ4v) is 1.81. The minimum Gasteiger partial charge on any atom is -0.477 e. The van der Waals surface area contributed by atoms with Crippen molar-refractivity contribution in [2.45, 2.75) is 52.6 Å². The maximum atomic E-state index is 5.84. The van der Waals surface area contributed by atoms with Crippen molar-refractivity contribution in [3.05, 3.63) is 11.9 Å². The zero-order valence-electron chi connectivity index (χ0n) is 13.3. The largest absolute Gasteiger partial charge is 0.477 e. The maximum Gasteiger partial charge on any atom is 0.221 e. The molecule has 0 amide bonds. The summed E-state index contributed by atoms with van der Waals surface area (Å²) in [6.45, 7) is 9.71. The second kappa shape index (κ2) is 8.04. The van der Waals surface area contributed by atoms with Gasteiger partial charge in [0.05, 0.1) is 17.8 Å². The molecule has 0 atom stereocenters. The molecule has 0 fully saturated rings. The standard InChI is InChI=1S/C15H27N3O2/c1-6-8-12-13(16-7-2)17-11-18-14(12)20-10-9-15(3,4)19-5/h11H,6-10H2,1-5H3,(H,16,17,18). The van der Waals surface area contributed by atoms with Crippen LogP contribution in [0.25, 0.3) is 0 Å². The molecule has 20 heavy (non-hydrogen) atoms. The molecule has 0 aromatic carbocycles. The van der Waals surface area contributed by atoms with Crippen LogP contribution >= 0.6 is 0 Å². The molecular weight excluding hydrogens is 254 g/mol. The van der Waals surface area contributed by atoms with Crippen molar-refractivity contribution in [3.8, 4) is 5.88 Å². The first-order chi connectivity index (χ1) is 9.54. The Bertz CT molecular complexity index is 408. The lowest BCUT2D eigenvalue weighted by atomic mass is 10.1. The highest BCUT2D eigenvalue weighted by Gasteiger charge is 2.17. The smallest absolute Gasteiger partial charge is 0.221 e. The predicted octanol–water partition coefficient (Wildman–Crippen LogP) is 3.05. The fraction of sp³-hybridized carbons (Fsp3) is 0.733. The van der Waals surface area contributed by atoms with E-state index >= 15 is 0 Å². The highest BCUT2D eigenvalue weighted by Crippen LogP contribution is 2.24. The summed E-state index contributed by atoms with van der Waals surface area (Å²) in [6, 6.07) is 0. The average Bonchev–Trinajstić information content (AvgIpc) is 2.42. The van der Waals surface area contributed by atoms with Gasteiger partial charge >= 0.3 is 0 Å². The minimum atomic E-state index is -0.178. The number of methoxy groups -OCH3 is 1. The molecular formula is C15H27N3O2. The normalized spacial score (nSPS) is 11.4. The van der Waals surface area contributed by atoms with Gasteiger partial charge in [-0.15, -0.1) is 0 Å².